The smallest absolute Gasteiger partial charge is 0.328 e. The van der Waals surface area contributed by atoms with Crippen LogP contribution in [0.2, 0.25) is 0 Å². The third-order valence-electron chi connectivity index (χ3n) is 2.29. The first-order valence-corrected chi connectivity index (χ1v) is 4.85. The molecule has 0 fully saturated rings. The summed E-state index contributed by atoms with van der Waals surface area (Å²) in [7, 11) is 0. The molecule has 2 heterocycles. The van der Waals surface area contributed by atoms with Gasteiger partial charge in [0.25, 0.3) is 0 Å². The third kappa shape index (κ3) is 3.29. The number of carbonyl (C=O) groups is 2. The minimum absolute atomic E-state index is 0. The molecule has 90 valence electrons. The van der Waals surface area contributed by atoms with Gasteiger partial charge in [-0.3, -0.25) is 4.79 Å². The van der Waals surface area contributed by atoms with Crippen LogP contribution in [0.4, 0.5) is 5.82 Å². The summed E-state index contributed by atoms with van der Waals surface area (Å²) in [6.07, 6.45) is 5.16. The summed E-state index contributed by atoms with van der Waals surface area (Å²) < 4.78 is 0. The Morgan fingerprint density at radius 1 is 1.47 bits per heavy atom. The Labute approximate surface area is 104 Å². The van der Waals surface area contributed by atoms with E-state index in [0.29, 0.717) is 18.7 Å². The number of aryl methyl sites for hydroxylation is 1. The molecule has 2 rings (SSSR count). The lowest BCUT2D eigenvalue weighted by Crippen LogP contribution is -2.20. The maximum Gasteiger partial charge on any atom is 0.328 e. The molecule has 1 aliphatic rings. The Hall–Kier alpha value is -1.88. The van der Waals surface area contributed by atoms with Gasteiger partial charge in [0.2, 0.25) is 5.91 Å². The molecular formula is C11H11ClN2O3. The van der Waals surface area contributed by atoms with Gasteiger partial charge in [-0.2, -0.15) is 0 Å². The first-order valence-electron chi connectivity index (χ1n) is 4.85. The molecule has 1 amide bonds. The fraction of sp³-hybridized carbons (Fsp3) is 0.182. The number of halogens is 1. The largest absolute Gasteiger partial charge is 0.478 e. The number of carboxylic acid groups (broad SMARTS) is 1. The number of aliphatic carboxylic acids is 1. The van der Waals surface area contributed by atoms with Crippen LogP contribution in [0.1, 0.15) is 17.5 Å². The van der Waals surface area contributed by atoms with Crippen LogP contribution in [0.5, 0.6) is 0 Å². The SMILES string of the molecule is Cl.O=C(O)C=Cc1cnc2c(c1)CCC(=O)N2. The highest BCUT2D eigenvalue weighted by molar-refractivity contribution is 5.93. The first-order chi connectivity index (χ1) is 7.65. The van der Waals surface area contributed by atoms with Crippen LogP contribution in [0.25, 0.3) is 6.08 Å². The molecule has 5 nitrogen and oxygen atoms in total. The van der Waals surface area contributed by atoms with Crippen molar-refractivity contribution in [2.45, 2.75) is 12.8 Å². The molecule has 1 aromatic heterocycles. The standard InChI is InChI=1S/C11H10N2O3.ClH/c14-9-3-2-8-5-7(1-4-10(15)16)6-12-11(8)13-9;/h1,4-6H,2-3H2,(H,15,16)(H,12,13,14);1H. The molecule has 0 aromatic carbocycles. The highest BCUT2D eigenvalue weighted by atomic mass is 35.5. The number of hydrogen-bond acceptors (Lipinski definition) is 3. The third-order valence-corrected chi connectivity index (χ3v) is 2.29. The number of carboxylic acids is 1. The highest BCUT2D eigenvalue weighted by Gasteiger charge is 2.15. The molecule has 0 saturated carbocycles. The van der Waals surface area contributed by atoms with Gasteiger partial charge in [0.1, 0.15) is 5.82 Å². The predicted molar refractivity (Wildman–Crippen MR) is 65.1 cm³/mol. The summed E-state index contributed by atoms with van der Waals surface area (Å²) in [4.78, 5) is 25.5. The highest BCUT2D eigenvalue weighted by Crippen LogP contribution is 2.21. The number of amides is 1. The van der Waals surface area contributed by atoms with E-state index in [4.69, 9.17) is 5.11 Å². The zero-order valence-electron chi connectivity index (χ0n) is 8.84. The summed E-state index contributed by atoms with van der Waals surface area (Å²) in [6.45, 7) is 0. The van der Waals surface area contributed by atoms with E-state index in [9.17, 15) is 9.59 Å². The predicted octanol–water partition coefficient (Wildman–Crippen LogP) is 1.49. The summed E-state index contributed by atoms with van der Waals surface area (Å²) in [6, 6.07) is 1.83. The molecular weight excluding hydrogens is 244 g/mol. The van der Waals surface area contributed by atoms with Crippen molar-refractivity contribution in [2.75, 3.05) is 5.32 Å². The Bertz CT molecular complexity index is 486. The van der Waals surface area contributed by atoms with Crippen molar-refractivity contribution in [3.63, 3.8) is 0 Å². The molecule has 0 atom stereocenters. The van der Waals surface area contributed by atoms with Crippen molar-refractivity contribution < 1.29 is 14.7 Å². The lowest BCUT2D eigenvalue weighted by atomic mass is 10.0. The Kier molecular flexibility index (Phi) is 4.23. The van der Waals surface area contributed by atoms with Crippen LogP contribution in [-0.4, -0.2) is 22.0 Å². The first kappa shape index (κ1) is 13.2. The fourth-order valence-electron chi connectivity index (χ4n) is 1.53. The maximum atomic E-state index is 11.1. The van der Waals surface area contributed by atoms with Crippen molar-refractivity contribution in [3.05, 3.63) is 29.5 Å². The van der Waals surface area contributed by atoms with Crippen molar-refractivity contribution in [1.29, 1.82) is 0 Å². The number of hydrogen-bond donors (Lipinski definition) is 2. The van der Waals surface area contributed by atoms with Gasteiger partial charge in [-0.05, 0) is 29.7 Å². The molecule has 0 radical (unpaired) electrons. The molecule has 0 spiro atoms. The van der Waals surface area contributed by atoms with E-state index >= 15 is 0 Å². The van der Waals surface area contributed by atoms with E-state index in [0.717, 1.165) is 17.2 Å². The molecule has 6 heteroatoms. The Morgan fingerprint density at radius 3 is 2.94 bits per heavy atom. The number of anilines is 1. The maximum absolute atomic E-state index is 11.1. The monoisotopic (exact) mass is 254 g/mol. The minimum atomic E-state index is -0.994. The molecule has 0 bridgehead atoms. The lowest BCUT2D eigenvalue weighted by Gasteiger charge is -2.15. The van der Waals surface area contributed by atoms with Crippen LogP contribution < -0.4 is 5.32 Å². The van der Waals surface area contributed by atoms with Gasteiger partial charge in [0.05, 0.1) is 0 Å². The molecule has 0 unspecified atom stereocenters. The molecule has 2 N–H and O–H groups in total. The van der Waals surface area contributed by atoms with Crippen LogP contribution in [0.3, 0.4) is 0 Å². The van der Waals surface area contributed by atoms with E-state index in [1.54, 1.807) is 0 Å². The van der Waals surface area contributed by atoms with Gasteiger partial charge in [-0.15, -0.1) is 12.4 Å². The Balaban J connectivity index is 0.00000144. The number of fused-ring (bicyclic) bond motifs is 1. The fourth-order valence-corrected chi connectivity index (χ4v) is 1.53. The number of nitrogens with zero attached hydrogens (tertiary/aromatic N) is 1. The molecule has 1 aromatic rings. The molecule has 0 aliphatic carbocycles. The zero-order valence-corrected chi connectivity index (χ0v) is 9.66. The van der Waals surface area contributed by atoms with Crippen molar-refractivity contribution >= 4 is 36.2 Å². The van der Waals surface area contributed by atoms with Crippen LogP contribution in [0.15, 0.2) is 18.3 Å². The minimum Gasteiger partial charge on any atom is -0.478 e. The summed E-state index contributed by atoms with van der Waals surface area (Å²) >= 11 is 0. The zero-order chi connectivity index (χ0) is 11.5. The van der Waals surface area contributed by atoms with E-state index in [1.165, 1.54) is 12.3 Å². The van der Waals surface area contributed by atoms with Crippen LogP contribution in [0, 0.1) is 0 Å². The molecule has 0 saturated heterocycles. The van der Waals surface area contributed by atoms with Crippen LogP contribution >= 0.6 is 12.4 Å². The van der Waals surface area contributed by atoms with Gasteiger partial charge >= 0.3 is 5.97 Å². The Morgan fingerprint density at radius 2 is 2.24 bits per heavy atom. The van der Waals surface area contributed by atoms with Crippen molar-refractivity contribution in [2.24, 2.45) is 0 Å². The number of pyridine rings is 1. The van der Waals surface area contributed by atoms with E-state index in [-0.39, 0.29) is 18.3 Å². The number of aromatic nitrogens is 1. The summed E-state index contributed by atoms with van der Waals surface area (Å²) in [5.74, 6) is -0.455. The molecule has 1 aliphatic heterocycles. The quantitative estimate of drug-likeness (QED) is 0.784. The second-order valence-electron chi connectivity index (χ2n) is 3.50. The van der Waals surface area contributed by atoms with Crippen molar-refractivity contribution in [3.8, 4) is 0 Å². The second kappa shape index (κ2) is 5.45. The average molecular weight is 255 g/mol. The van der Waals surface area contributed by atoms with E-state index in [1.807, 2.05) is 6.07 Å². The van der Waals surface area contributed by atoms with E-state index in [2.05, 4.69) is 10.3 Å². The van der Waals surface area contributed by atoms with Gasteiger partial charge in [0.15, 0.2) is 0 Å². The van der Waals surface area contributed by atoms with Gasteiger partial charge in [-0.1, -0.05) is 0 Å². The summed E-state index contributed by atoms with van der Waals surface area (Å²) in [5.41, 5.74) is 1.66. The number of carbonyl (C=O) groups excluding carboxylic acids is 1. The van der Waals surface area contributed by atoms with Crippen molar-refractivity contribution in [1.82, 2.24) is 4.98 Å². The second-order valence-corrected chi connectivity index (χ2v) is 3.50. The van der Waals surface area contributed by atoms with Gasteiger partial charge in [-0.25, -0.2) is 9.78 Å². The lowest BCUT2D eigenvalue weighted by molar-refractivity contribution is -0.131. The van der Waals surface area contributed by atoms with E-state index < -0.39 is 5.97 Å². The average Bonchev–Trinajstić information content (AvgIpc) is 2.26. The molecule has 17 heavy (non-hydrogen) atoms. The number of nitrogens with one attached hydrogen (secondary N) is 1. The number of rotatable bonds is 2. The van der Waals surface area contributed by atoms with Gasteiger partial charge < -0.3 is 10.4 Å². The normalized spacial score (nSPS) is 13.8. The topological polar surface area (TPSA) is 79.3 Å². The summed E-state index contributed by atoms with van der Waals surface area (Å²) in [5, 5.41) is 11.1. The van der Waals surface area contributed by atoms with Crippen LogP contribution in [-0.2, 0) is 16.0 Å². The van der Waals surface area contributed by atoms with Gasteiger partial charge in [0, 0.05) is 18.7 Å².